The summed E-state index contributed by atoms with van der Waals surface area (Å²) in [4.78, 5) is 0. The molecule has 0 aliphatic carbocycles. The lowest BCUT2D eigenvalue weighted by Crippen LogP contribution is -2.28. The Kier molecular flexibility index (Phi) is 6.96. The zero-order valence-corrected chi connectivity index (χ0v) is 22.9. The first-order valence-corrected chi connectivity index (χ1v) is 15.3. The van der Waals surface area contributed by atoms with Crippen molar-refractivity contribution in [3.8, 4) is 22.6 Å². The predicted molar refractivity (Wildman–Crippen MR) is 143 cm³/mol. The van der Waals surface area contributed by atoms with Crippen molar-refractivity contribution in [2.24, 2.45) is 11.8 Å². The maximum absolute atomic E-state index is 6.64. The smallest absolute Gasteiger partial charge is 0.128 e. The normalized spacial score (nSPS) is 24.4. The fourth-order valence-electron chi connectivity index (χ4n) is 5.06. The quantitative estimate of drug-likeness (QED) is 0.399. The van der Waals surface area contributed by atoms with E-state index in [0.717, 1.165) is 11.5 Å². The third-order valence-electron chi connectivity index (χ3n) is 6.49. The van der Waals surface area contributed by atoms with Crippen molar-refractivity contribution in [2.75, 3.05) is 6.16 Å². The molecule has 0 saturated carbocycles. The van der Waals surface area contributed by atoms with Gasteiger partial charge in [-0.15, -0.1) is 0 Å². The highest BCUT2D eigenvalue weighted by atomic mass is 31.1. The van der Waals surface area contributed by atoms with Crippen LogP contribution in [0.3, 0.4) is 0 Å². The van der Waals surface area contributed by atoms with Crippen LogP contribution in [0.1, 0.15) is 68.2 Å². The van der Waals surface area contributed by atoms with E-state index < -0.39 is 7.92 Å². The second-order valence-electron chi connectivity index (χ2n) is 10.9. The fraction of sp³-hybridized carbons (Fsp3) is 0.571. The lowest BCUT2D eigenvalue weighted by atomic mass is 10.0. The van der Waals surface area contributed by atoms with Crippen molar-refractivity contribution >= 4 is 26.5 Å². The van der Waals surface area contributed by atoms with Crippen LogP contribution in [0.2, 0.25) is 0 Å². The number of ether oxygens (including phenoxy) is 2. The third-order valence-corrected chi connectivity index (χ3v) is 13.2. The Hall–Kier alpha value is -1.10. The van der Waals surface area contributed by atoms with Crippen molar-refractivity contribution in [1.29, 1.82) is 0 Å². The zero-order chi connectivity index (χ0) is 23.2. The SMILES string of the molecule is CCCC[P@@]1c2c(cccc2-c2cccc3c2[P@](C(C)(C)C)[C@@H](C(C)C)O3)O[C@@H]1C(C)C. The van der Waals surface area contributed by atoms with Gasteiger partial charge in [-0.2, -0.15) is 0 Å². The van der Waals surface area contributed by atoms with Crippen molar-refractivity contribution < 1.29 is 9.47 Å². The Morgan fingerprint density at radius 1 is 0.812 bits per heavy atom. The summed E-state index contributed by atoms with van der Waals surface area (Å²) < 4.78 is 13.3. The number of rotatable bonds is 6. The van der Waals surface area contributed by atoms with Gasteiger partial charge in [-0.1, -0.05) is 86.1 Å². The number of unbranched alkanes of at least 4 members (excludes halogenated alkanes) is 1. The molecule has 0 aromatic heterocycles. The molecule has 2 nitrogen and oxygen atoms in total. The molecule has 2 aliphatic heterocycles. The summed E-state index contributed by atoms with van der Waals surface area (Å²) in [5.74, 6) is 3.86. The van der Waals surface area contributed by atoms with Crippen molar-refractivity contribution in [1.82, 2.24) is 0 Å². The molecule has 4 atom stereocenters. The van der Waals surface area contributed by atoms with Gasteiger partial charge >= 0.3 is 0 Å². The molecule has 0 saturated heterocycles. The van der Waals surface area contributed by atoms with E-state index in [4.69, 9.17) is 9.47 Å². The summed E-state index contributed by atoms with van der Waals surface area (Å²) in [6.07, 6.45) is 3.76. The first-order valence-electron chi connectivity index (χ1n) is 12.3. The maximum atomic E-state index is 6.64. The number of fused-ring (bicyclic) bond motifs is 2. The molecule has 0 amide bonds. The molecule has 2 aliphatic rings. The molecule has 0 unspecified atom stereocenters. The van der Waals surface area contributed by atoms with Crippen LogP contribution in [0.15, 0.2) is 36.4 Å². The van der Waals surface area contributed by atoms with Crippen LogP contribution in [0.5, 0.6) is 11.5 Å². The van der Waals surface area contributed by atoms with E-state index in [1.807, 2.05) is 0 Å². The van der Waals surface area contributed by atoms with Crippen LogP contribution in [-0.2, 0) is 0 Å². The van der Waals surface area contributed by atoms with Crippen LogP contribution in [0, 0.1) is 11.8 Å². The van der Waals surface area contributed by atoms with Gasteiger partial charge in [0.05, 0.1) is 0 Å². The van der Waals surface area contributed by atoms with E-state index in [1.54, 1.807) is 0 Å². The summed E-state index contributed by atoms with van der Waals surface area (Å²) in [6, 6.07) is 13.5. The largest absolute Gasteiger partial charge is 0.485 e. The third kappa shape index (κ3) is 4.23. The lowest BCUT2D eigenvalue weighted by Gasteiger charge is -2.34. The highest BCUT2D eigenvalue weighted by molar-refractivity contribution is 7.69. The van der Waals surface area contributed by atoms with Crippen molar-refractivity contribution in [3.05, 3.63) is 36.4 Å². The molecule has 4 heteroatoms. The van der Waals surface area contributed by atoms with Gasteiger partial charge in [0.15, 0.2) is 0 Å². The van der Waals surface area contributed by atoms with Gasteiger partial charge in [-0.3, -0.25) is 0 Å². The van der Waals surface area contributed by atoms with Crippen LogP contribution < -0.4 is 20.1 Å². The lowest BCUT2D eigenvalue weighted by molar-refractivity contribution is 0.240. The second kappa shape index (κ2) is 9.27. The standard InChI is InChI=1S/C28H40O2P2/c1-9-10-17-31-24-20(13-11-15-22(24)29-26(31)18(2)3)21-14-12-16-23-25(21)32(28(6,7)8)27(30-23)19(4)5/h11-16,18-19,26-27H,9-10,17H2,1-8H3/t26-,27-,31-,32-/m0/s1. The summed E-state index contributed by atoms with van der Waals surface area (Å²) in [7, 11) is -0.803. The fourth-order valence-corrected chi connectivity index (χ4v) is 11.6. The summed E-state index contributed by atoms with van der Waals surface area (Å²) >= 11 is 0. The molecule has 0 bridgehead atoms. The molecular weight excluding hydrogens is 430 g/mol. The van der Waals surface area contributed by atoms with Crippen molar-refractivity contribution in [2.45, 2.75) is 85.1 Å². The molecule has 2 aromatic rings. The number of hydrogen-bond donors (Lipinski definition) is 0. The molecule has 0 spiro atoms. The summed E-state index contributed by atoms with van der Waals surface area (Å²) in [5, 5.41) is 3.16. The Balaban J connectivity index is 1.89. The molecule has 32 heavy (non-hydrogen) atoms. The second-order valence-corrected chi connectivity index (χ2v) is 16.3. The molecule has 2 heterocycles. The Morgan fingerprint density at radius 2 is 1.34 bits per heavy atom. The van der Waals surface area contributed by atoms with Crippen molar-refractivity contribution in [3.63, 3.8) is 0 Å². The first kappa shape index (κ1) is 24.0. The molecule has 0 N–H and O–H groups in total. The molecular formula is C28H40O2P2. The maximum Gasteiger partial charge on any atom is 0.128 e. The minimum Gasteiger partial charge on any atom is -0.485 e. The highest BCUT2D eigenvalue weighted by Crippen LogP contribution is 2.62. The van der Waals surface area contributed by atoms with Gasteiger partial charge in [0.2, 0.25) is 0 Å². The topological polar surface area (TPSA) is 18.5 Å². The van der Waals surface area contributed by atoms with Crippen LogP contribution >= 0.6 is 15.8 Å². The molecule has 4 rings (SSSR count). The average Bonchev–Trinajstić information content (AvgIpc) is 3.31. The van der Waals surface area contributed by atoms with Crippen LogP contribution in [-0.4, -0.2) is 23.0 Å². The minimum atomic E-state index is -0.461. The van der Waals surface area contributed by atoms with Crippen LogP contribution in [0.4, 0.5) is 0 Å². The van der Waals surface area contributed by atoms with E-state index in [-0.39, 0.29) is 18.9 Å². The average molecular weight is 471 g/mol. The summed E-state index contributed by atoms with van der Waals surface area (Å²) in [6.45, 7) is 18.7. The van der Waals surface area contributed by atoms with E-state index in [9.17, 15) is 0 Å². The Bertz CT molecular complexity index is 960. The monoisotopic (exact) mass is 470 g/mol. The molecule has 0 fully saturated rings. The van der Waals surface area contributed by atoms with E-state index in [0.29, 0.717) is 17.7 Å². The van der Waals surface area contributed by atoms with Gasteiger partial charge in [0.25, 0.3) is 0 Å². The zero-order valence-electron chi connectivity index (χ0n) is 21.1. The van der Waals surface area contributed by atoms with Gasteiger partial charge < -0.3 is 9.47 Å². The predicted octanol–water partition coefficient (Wildman–Crippen LogP) is 7.92. The molecule has 0 radical (unpaired) electrons. The molecule has 2 aromatic carbocycles. The van der Waals surface area contributed by atoms with E-state index in [1.165, 1.54) is 40.7 Å². The highest BCUT2D eigenvalue weighted by Gasteiger charge is 2.45. The van der Waals surface area contributed by atoms with Crippen LogP contribution in [0.25, 0.3) is 11.1 Å². The van der Waals surface area contributed by atoms with Gasteiger partial charge in [-0.05, 0) is 68.7 Å². The number of hydrogen-bond acceptors (Lipinski definition) is 2. The summed E-state index contributed by atoms with van der Waals surface area (Å²) in [5.41, 5.74) is 2.79. The number of benzene rings is 2. The van der Waals surface area contributed by atoms with E-state index in [2.05, 4.69) is 91.8 Å². The van der Waals surface area contributed by atoms with Gasteiger partial charge in [0, 0.05) is 10.6 Å². The van der Waals surface area contributed by atoms with Gasteiger partial charge in [0.1, 0.15) is 23.2 Å². The Labute approximate surface area is 198 Å². The van der Waals surface area contributed by atoms with E-state index >= 15 is 0 Å². The first-order chi connectivity index (χ1) is 15.1. The minimum absolute atomic E-state index is 0.188. The Morgan fingerprint density at radius 3 is 1.88 bits per heavy atom. The molecule has 174 valence electrons. The van der Waals surface area contributed by atoms with Gasteiger partial charge in [-0.25, -0.2) is 0 Å².